The molecule has 0 bridgehead atoms. The summed E-state index contributed by atoms with van der Waals surface area (Å²) in [4.78, 5) is 10.4. The molecule has 0 unspecified atom stereocenters. The number of hydrogen-bond acceptors (Lipinski definition) is 3. The van der Waals surface area contributed by atoms with E-state index in [9.17, 15) is 4.79 Å². The molecule has 0 radical (unpaired) electrons. The fourth-order valence-electron chi connectivity index (χ4n) is 1.37. The third-order valence-corrected chi connectivity index (χ3v) is 2.16. The highest BCUT2D eigenvalue weighted by Gasteiger charge is 2.10. The molecular weight excluding hydrogens is 194 g/mol. The van der Waals surface area contributed by atoms with E-state index in [2.05, 4.69) is 5.32 Å². The zero-order valence-electron chi connectivity index (χ0n) is 8.86. The van der Waals surface area contributed by atoms with Crippen LogP contribution in [0.5, 0.6) is 5.75 Å². The maximum Gasteiger partial charge on any atom is 0.317 e. The molecule has 4 nitrogen and oxygen atoms in total. The number of nitrogens with one attached hydrogen (secondary N) is 1. The Balaban J connectivity index is 2.72. The first-order chi connectivity index (χ1) is 7.15. The topological polar surface area (TPSA) is 58.6 Å². The minimum Gasteiger partial charge on any atom is -0.496 e. The summed E-state index contributed by atoms with van der Waals surface area (Å²) in [7, 11) is 1.60. The zero-order valence-corrected chi connectivity index (χ0v) is 8.86. The number of para-hydroxylation sites is 1. The second-order valence-corrected chi connectivity index (χ2v) is 3.24. The quantitative estimate of drug-likeness (QED) is 0.770. The monoisotopic (exact) mass is 209 g/mol. The minimum absolute atomic E-state index is 0.0442. The lowest BCUT2D eigenvalue weighted by Gasteiger charge is -2.15. The van der Waals surface area contributed by atoms with Gasteiger partial charge in [0.25, 0.3) is 0 Å². The second kappa shape index (κ2) is 5.36. The third-order valence-electron chi connectivity index (χ3n) is 2.16. The summed E-state index contributed by atoms with van der Waals surface area (Å²) in [6, 6.07) is 7.51. The molecule has 0 saturated carbocycles. The lowest BCUT2D eigenvalue weighted by Crippen LogP contribution is -2.25. The Morgan fingerprint density at radius 1 is 1.53 bits per heavy atom. The van der Waals surface area contributed by atoms with E-state index >= 15 is 0 Å². The first-order valence-corrected chi connectivity index (χ1v) is 4.73. The molecule has 0 aliphatic heterocycles. The first kappa shape index (κ1) is 11.5. The smallest absolute Gasteiger partial charge is 0.317 e. The Bertz CT molecular complexity index is 338. The van der Waals surface area contributed by atoms with E-state index in [0.29, 0.717) is 0 Å². The van der Waals surface area contributed by atoms with E-state index in [0.717, 1.165) is 11.3 Å². The van der Waals surface area contributed by atoms with E-state index < -0.39 is 5.97 Å². The van der Waals surface area contributed by atoms with E-state index in [1.165, 1.54) is 0 Å². The molecule has 0 saturated heterocycles. The number of carboxylic acids is 1. The number of hydrogen-bond donors (Lipinski definition) is 2. The summed E-state index contributed by atoms with van der Waals surface area (Å²) >= 11 is 0. The van der Waals surface area contributed by atoms with Crippen molar-refractivity contribution >= 4 is 5.97 Å². The van der Waals surface area contributed by atoms with Crippen LogP contribution in [0.25, 0.3) is 0 Å². The number of carboxylic acid groups (broad SMARTS) is 1. The maximum absolute atomic E-state index is 10.4. The van der Waals surface area contributed by atoms with Crippen LogP contribution in [-0.2, 0) is 4.79 Å². The van der Waals surface area contributed by atoms with Gasteiger partial charge in [-0.15, -0.1) is 0 Å². The van der Waals surface area contributed by atoms with Crippen LogP contribution in [0, 0.1) is 0 Å². The molecule has 1 atom stereocenters. The van der Waals surface area contributed by atoms with Crippen LogP contribution < -0.4 is 10.1 Å². The largest absolute Gasteiger partial charge is 0.496 e. The predicted octanol–water partition coefficient (Wildman–Crippen LogP) is 1.43. The van der Waals surface area contributed by atoms with Crippen molar-refractivity contribution in [1.29, 1.82) is 0 Å². The summed E-state index contributed by atoms with van der Waals surface area (Å²) in [6.45, 7) is 1.85. The van der Waals surface area contributed by atoms with Crippen LogP contribution in [-0.4, -0.2) is 24.7 Å². The highest BCUT2D eigenvalue weighted by atomic mass is 16.5. The van der Waals surface area contributed by atoms with Crippen molar-refractivity contribution in [2.45, 2.75) is 13.0 Å². The maximum atomic E-state index is 10.4. The molecule has 0 spiro atoms. The predicted molar refractivity (Wildman–Crippen MR) is 57.0 cm³/mol. The minimum atomic E-state index is -0.864. The Kier molecular flexibility index (Phi) is 4.12. The highest BCUT2D eigenvalue weighted by Crippen LogP contribution is 2.23. The molecule has 1 aromatic carbocycles. The van der Waals surface area contributed by atoms with Gasteiger partial charge in [-0.1, -0.05) is 18.2 Å². The molecule has 1 rings (SSSR count). The van der Waals surface area contributed by atoms with Crippen molar-refractivity contribution in [3.05, 3.63) is 29.8 Å². The molecule has 4 heteroatoms. The summed E-state index contributed by atoms with van der Waals surface area (Å²) < 4.78 is 5.19. The van der Waals surface area contributed by atoms with Crippen molar-refractivity contribution in [1.82, 2.24) is 5.32 Å². The van der Waals surface area contributed by atoms with Crippen molar-refractivity contribution in [3.63, 3.8) is 0 Å². The van der Waals surface area contributed by atoms with Gasteiger partial charge >= 0.3 is 5.97 Å². The number of carbonyl (C=O) groups is 1. The zero-order chi connectivity index (χ0) is 11.3. The van der Waals surface area contributed by atoms with Gasteiger partial charge in [-0.3, -0.25) is 4.79 Å². The van der Waals surface area contributed by atoms with Gasteiger partial charge < -0.3 is 15.2 Å². The molecule has 0 amide bonds. The average Bonchev–Trinajstić information content (AvgIpc) is 2.25. The number of methoxy groups -OCH3 is 1. The average molecular weight is 209 g/mol. The molecule has 15 heavy (non-hydrogen) atoms. The Labute approximate surface area is 88.9 Å². The Morgan fingerprint density at radius 2 is 2.20 bits per heavy atom. The lowest BCUT2D eigenvalue weighted by molar-refractivity contribution is -0.136. The van der Waals surface area contributed by atoms with Crippen LogP contribution in [0.2, 0.25) is 0 Å². The van der Waals surface area contributed by atoms with Gasteiger partial charge in [-0.05, 0) is 13.0 Å². The van der Waals surface area contributed by atoms with E-state index in [1.54, 1.807) is 7.11 Å². The van der Waals surface area contributed by atoms with Crippen LogP contribution in [0.15, 0.2) is 24.3 Å². The molecule has 0 heterocycles. The lowest BCUT2D eigenvalue weighted by atomic mass is 10.1. The van der Waals surface area contributed by atoms with Gasteiger partial charge in [0, 0.05) is 11.6 Å². The standard InChI is InChI=1S/C11H15NO3/c1-8(12-7-11(13)14)9-5-3-4-6-10(9)15-2/h3-6,8,12H,7H2,1-2H3,(H,13,14)/t8-/m0/s1. The SMILES string of the molecule is COc1ccccc1[C@H](C)NCC(=O)O. The summed E-state index contributed by atoms with van der Waals surface area (Å²) in [5.41, 5.74) is 0.959. The van der Waals surface area contributed by atoms with Gasteiger partial charge in [0.2, 0.25) is 0 Å². The van der Waals surface area contributed by atoms with E-state index in [1.807, 2.05) is 31.2 Å². The van der Waals surface area contributed by atoms with Crippen LogP contribution in [0.3, 0.4) is 0 Å². The van der Waals surface area contributed by atoms with Crippen LogP contribution in [0.4, 0.5) is 0 Å². The molecular formula is C11H15NO3. The van der Waals surface area contributed by atoms with Gasteiger partial charge in [-0.25, -0.2) is 0 Å². The van der Waals surface area contributed by atoms with Gasteiger partial charge in [-0.2, -0.15) is 0 Å². The molecule has 0 aliphatic rings. The summed E-state index contributed by atoms with van der Waals surface area (Å²) in [5, 5.41) is 11.4. The van der Waals surface area contributed by atoms with Gasteiger partial charge in [0.15, 0.2) is 0 Å². The molecule has 0 fully saturated rings. The van der Waals surface area contributed by atoms with Crippen molar-refractivity contribution in [2.24, 2.45) is 0 Å². The number of aliphatic carboxylic acids is 1. The number of benzene rings is 1. The van der Waals surface area contributed by atoms with Crippen molar-refractivity contribution < 1.29 is 14.6 Å². The van der Waals surface area contributed by atoms with Gasteiger partial charge in [0.05, 0.1) is 13.7 Å². The van der Waals surface area contributed by atoms with Gasteiger partial charge in [0.1, 0.15) is 5.75 Å². The highest BCUT2D eigenvalue weighted by molar-refractivity contribution is 5.69. The van der Waals surface area contributed by atoms with Crippen molar-refractivity contribution in [3.8, 4) is 5.75 Å². The fourth-order valence-corrected chi connectivity index (χ4v) is 1.37. The van der Waals surface area contributed by atoms with E-state index in [-0.39, 0.29) is 12.6 Å². The number of rotatable bonds is 5. The van der Waals surface area contributed by atoms with Crippen molar-refractivity contribution in [2.75, 3.05) is 13.7 Å². The Hall–Kier alpha value is -1.55. The summed E-state index contributed by atoms with van der Waals surface area (Å²) in [5.74, 6) is -0.0976. The molecule has 2 N–H and O–H groups in total. The molecule has 0 aliphatic carbocycles. The third kappa shape index (κ3) is 3.25. The molecule has 82 valence electrons. The second-order valence-electron chi connectivity index (χ2n) is 3.24. The van der Waals surface area contributed by atoms with Crippen LogP contribution in [0.1, 0.15) is 18.5 Å². The summed E-state index contributed by atoms with van der Waals surface area (Å²) in [6.07, 6.45) is 0. The van der Waals surface area contributed by atoms with E-state index in [4.69, 9.17) is 9.84 Å². The normalized spacial score (nSPS) is 12.1. The molecule has 1 aromatic rings. The molecule has 0 aromatic heterocycles. The Morgan fingerprint density at radius 3 is 2.80 bits per heavy atom. The van der Waals surface area contributed by atoms with Crippen LogP contribution >= 0.6 is 0 Å². The first-order valence-electron chi connectivity index (χ1n) is 4.73. The number of ether oxygens (including phenoxy) is 1. The fraction of sp³-hybridized carbons (Fsp3) is 0.364.